The summed E-state index contributed by atoms with van der Waals surface area (Å²) < 4.78 is 77.8. The number of anilines is 3. The Morgan fingerprint density at radius 1 is 0.878 bits per heavy atom. The summed E-state index contributed by atoms with van der Waals surface area (Å²) in [5.41, 5.74) is 4.96. The van der Waals surface area contributed by atoms with Crippen LogP contribution in [0.3, 0.4) is 0 Å². The predicted molar refractivity (Wildman–Crippen MR) is 157 cm³/mol. The largest absolute Gasteiger partial charge is 0.418 e. The maximum Gasteiger partial charge on any atom is 0.418 e. The number of rotatable bonds is 7. The molecule has 2 saturated heterocycles. The van der Waals surface area contributed by atoms with Crippen molar-refractivity contribution < 1.29 is 26.3 Å². The molecule has 0 radical (unpaired) electrons. The van der Waals surface area contributed by atoms with Crippen molar-refractivity contribution in [1.82, 2.24) is 9.80 Å². The van der Waals surface area contributed by atoms with Gasteiger partial charge in [0.2, 0.25) is 0 Å². The molecule has 2 aromatic rings. The Balaban J connectivity index is 0.00000226. The summed E-state index contributed by atoms with van der Waals surface area (Å²) in [4.78, 5) is 7.54. The number of nitrogens with two attached hydrogens (primary N) is 1. The number of hydrogen-bond donors (Lipinski definition) is 2. The number of hydrogen-bond acceptors (Lipinski definition) is 5. The van der Waals surface area contributed by atoms with Crippen molar-refractivity contribution in [2.24, 2.45) is 0 Å². The van der Waals surface area contributed by atoms with Crippen molar-refractivity contribution in [2.75, 3.05) is 61.8 Å². The zero-order valence-corrected chi connectivity index (χ0v) is 24.3. The summed E-state index contributed by atoms with van der Waals surface area (Å²) in [6.45, 7) is 9.60. The van der Waals surface area contributed by atoms with Gasteiger partial charge < -0.3 is 20.9 Å². The van der Waals surface area contributed by atoms with E-state index in [1.54, 1.807) is 6.07 Å². The van der Waals surface area contributed by atoms with Crippen molar-refractivity contribution >= 4 is 34.3 Å². The highest BCUT2D eigenvalue weighted by Gasteiger charge is 2.33. The number of nitrogens with zero attached hydrogens (tertiary/aromatic N) is 3. The molecule has 2 heterocycles. The van der Waals surface area contributed by atoms with Gasteiger partial charge in [0.1, 0.15) is 0 Å². The molecule has 2 fully saturated rings. The summed E-state index contributed by atoms with van der Waals surface area (Å²) in [5.74, 6) is 0. The fraction of sp³-hybridized carbons (Fsp3) is 0.552. The Morgan fingerprint density at radius 3 is 2.05 bits per heavy atom. The van der Waals surface area contributed by atoms with Crippen LogP contribution in [0.5, 0.6) is 0 Å². The molecule has 0 bridgehead atoms. The smallest absolute Gasteiger partial charge is 0.398 e. The summed E-state index contributed by atoms with van der Waals surface area (Å²) in [7, 11) is 0. The second-order valence-electron chi connectivity index (χ2n) is 10.1. The minimum atomic E-state index is -4.49. The van der Waals surface area contributed by atoms with Crippen molar-refractivity contribution in [1.29, 1.82) is 0 Å². The minimum Gasteiger partial charge on any atom is -0.398 e. The Morgan fingerprint density at radius 2 is 1.49 bits per heavy atom. The molecule has 12 heteroatoms. The summed E-state index contributed by atoms with van der Waals surface area (Å²) in [6, 6.07) is 9.31. The van der Waals surface area contributed by atoms with Gasteiger partial charge >= 0.3 is 12.4 Å². The van der Waals surface area contributed by atoms with Gasteiger partial charge in [-0.25, -0.2) is 0 Å². The third kappa shape index (κ3) is 9.39. The van der Waals surface area contributed by atoms with E-state index in [9.17, 15) is 26.3 Å². The van der Waals surface area contributed by atoms with Gasteiger partial charge in [-0.2, -0.15) is 26.3 Å². The second kappa shape index (κ2) is 14.4. The predicted octanol–water partition coefficient (Wildman–Crippen LogP) is 7.14. The molecule has 0 aliphatic carbocycles. The molecule has 41 heavy (non-hydrogen) atoms. The molecule has 5 nitrogen and oxygen atoms in total. The van der Waals surface area contributed by atoms with Gasteiger partial charge in [0.15, 0.2) is 0 Å². The second-order valence-corrected chi connectivity index (χ2v) is 10.5. The molecule has 228 valence electrons. The SMILES string of the molecule is CC.Nc1ccc(NC2CCN(C(=S)CCCN3CCN(c4ccc(C(F)(F)F)cc4)CC3)CC2)cc1C(F)(F)F. The molecule has 2 aromatic carbocycles. The van der Waals surface area contributed by atoms with Crippen LogP contribution in [-0.4, -0.2) is 66.6 Å². The number of halogens is 6. The lowest BCUT2D eigenvalue weighted by Gasteiger charge is -2.37. The maximum atomic E-state index is 13.1. The Kier molecular flexibility index (Phi) is 11.5. The zero-order chi connectivity index (χ0) is 30.2. The maximum absolute atomic E-state index is 13.1. The molecule has 0 unspecified atom stereocenters. The summed E-state index contributed by atoms with van der Waals surface area (Å²) >= 11 is 5.66. The minimum absolute atomic E-state index is 0.0646. The van der Waals surface area contributed by atoms with Crippen molar-refractivity contribution in [3.05, 3.63) is 53.6 Å². The van der Waals surface area contributed by atoms with Crippen LogP contribution in [0.4, 0.5) is 43.4 Å². The van der Waals surface area contributed by atoms with Gasteiger partial charge in [-0.1, -0.05) is 26.1 Å². The van der Waals surface area contributed by atoms with Crippen molar-refractivity contribution in [2.45, 2.75) is 57.9 Å². The first-order valence-electron chi connectivity index (χ1n) is 14.1. The van der Waals surface area contributed by atoms with E-state index in [4.69, 9.17) is 18.0 Å². The third-order valence-corrected chi connectivity index (χ3v) is 7.84. The lowest BCUT2D eigenvalue weighted by Crippen LogP contribution is -2.47. The molecular formula is C29H39F6N5S. The summed E-state index contributed by atoms with van der Waals surface area (Å²) in [6.07, 6.45) is -5.55. The van der Waals surface area contributed by atoms with Gasteiger partial charge in [-0.05, 0) is 74.7 Å². The highest BCUT2D eigenvalue weighted by atomic mass is 32.1. The van der Waals surface area contributed by atoms with E-state index in [1.807, 2.05) is 13.8 Å². The van der Waals surface area contributed by atoms with E-state index >= 15 is 0 Å². The van der Waals surface area contributed by atoms with Crippen LogP contribution in [0.15, 0.2) is 42.5 Å². The van der Waals surface area contributed by atoms with Gasteiger partial charge in [-0.15, -0.1) is 0 Å². The Labute approximate surface area is 243 Å². The van der Waals surface area contributed by atoms with Crippen LogP contribution < -0.4 is 16.0 Å². The van der Waals surface area contributed by atoms with E-state index in [2.05, 4.69) is 20.0 Å². The molecule has 3 N–H and O–H groups in total. The molecule has 0 atom stereocenters. The standard InChI is InChI=1S/C27H33F6N5S.C2H6/c28-26(29,30)19-3-6-22(7-4-19)37-16-14-36(15-17-37)11-1-2-25(39)38-12-9-20(10-13-38)35-21-5-8-24(34)23(18-21)27(31,32)33;1-2/h3-8,18,20,35H,1-2,9-17,34H2;1-2H3. The van der Waals surface area contributed by atoms with E-state index in [-0.39, 0.29) is 11.7 Å². The number of benzene rings is 2. The van der Waals surface area contributed by atoms with E-state index in [0.29, 0.717) is 5.69 Å². The van der Waals surface area contributed by atoms with Crippen LogP contribution in [0.2, 0.25) is 0 Å². The monoisotopic (exact) mass is 603 g/mol. The van der Waals surface area contributed by atoms with Crippen LogP contribution >= 0.6 is 12.2 Å². The number of piperazine rings is 1. The van der Waals surface area contributed by atoms with Crippen molar-refractivity contribution in [3.63, 3.8) is 0 Å². The van der Waals surface area contributed by atoms with Gasteiger partial charge in [0, 0.05) is 62.4 Å². The molecule has 0 spiro atoms. The van der Waals surface area contributed by atoms with Crippen LogP contribution in [0.1, 0.15) is 50.7 Å². The average Bonchev–Trinajstić information content (AvgIpc) is 2.95. The molecular weight excluding hydrogens is 564 g/mol. The molecule has 4 rings (SSSR count). The van der Waals surface area contributed by atoms with E-state index in [0.717, 1.165) is 100 Å². The number of nitrogens with one attached hydrogen (secondary N) is 1. The number of piperidine rings is 1. The Bertz CT molecular complexity index is 1110. The molecule has 0 amide bonds. The number of likely N-dealkylation sites (tertiary alicyclic amines) is 1. The van der Waals surface area contributed by atoms with Crippen LogP contribution in [-0.2, 0) is 12.4 Å². The Hall–Kier alpha value is -2.73. The first-order valence-corrected chi connectivity index (χ1v) is 14.5. The fourth-order valence-corrected chi connectivity index (χ4v) is 5.43. The average molecular weight is 604 g/mol. The molecule has 0 saturated carbocycles. The fourth-order valence-electron chi connectivity index (χ4n) is 5.10. The quantitative estimate of drug-likeness (QED) is 0.199. The highest BCUT2D eigenvalue weighted by Crippen LogP contribution is 2.35. The first kappa shape index (κ1) is 32.8. The van der Waals surface area contributed by atoms with Gasteiger partial charge in [-0.3, -0.25) is 4.90 Å². The molecule has 0 aromatic heterocycles. The first-order chi connectivity index (χ1) is 19.4. The zero-order valence-electron chi connectivity index (χ0n) is 23.5. The normalized spacial score (nSPS) is 17.2. The highest BCUT2D eigenvalue weighted by molar-refractivity contribution is 7.80. The molecule has 2 aliphatic heterocycles. The van der Waals surface area contributed by atoms with Crippen LogP contribution in [0.25, 0.3) is 0 Å². The van der Waals surface area contributed by atoms with E-state index in [1.165, 1.54) is 18.2 Å². The lowest BCUT2D eigenvalue weighted by atomic mass is 10.0. The van der Waals surface area contributed by atoms with Crippen molar-refractivity contribution in [3.8, 4) is 0 Å². The van der Waals surface area contributed by atoms with Gasteiger partial charge in [0.05, 0.1) is 16.1 Å². The van der Waals surface area contributed by atoms with Crippen LogP contribution in [0, 0.1) is 0 Å². The van der Waals surface area contributed by atoms with Gasteiger partial charge in [0.25, 0.3) is 0 Å². The molecule has 2 aliphatic rings. The lowest BCUT2D eigenvalue weighted by molar-refractivity contribution is -0.138. The topological polar surface area (TPSA) is 47.8 Å². The number of nitrogen functional groups attached to an aromatic ring is 1. The number of thiocarbonyl (C=S) groups is 1. The summed E-state index contributed by atoms with van der Waals surface area (Å²) in [5, 5.41) is 3.20. The third-order valence-electron chi connectivity index (χ3n) is 7.37. The number of alkyl halides is 6. The van der Waals surface area contributed by atoms with E-state index < -0.39 is 23.5 Å².